The predicted octanol–water partition coefficient (Wildman–Crippen LogP) is 4.03. The normalized spacial score (nSPS) is 14.7. The fourth-order valence-corrected chi connectivity index (χ4v) is 3.22. The summed E-state index contributed by atoms with van der Waals surface area (Å²) in [6, 6.07) is 9.06. The van der Waals surface area contributed by atoms with Gasteiger partial charge in [-0.1, -0.05) is 17.7 Å². The second-order valence-corrected chi connectivity index (χ2v) is 6.39. The second kappa shape index (κ2) is 6.72. The summed E-state index contributed by atoms with van der Waals surface area (Å²) in [5.41, 5.74) is 2.23. The van der Waals surface area contributed by atoms with E-state index in [1.165, 1.54) is 0 Å². The van der Waals surface area contributed by atoms with Gasteiger partial charge in [0.15, 0.2) is 0 Å². The molecule has 0 aromatic carbocycles. The van der Waals surface area contributed by atoms with E-state index in [1.807, 2.05) is 24.4 Å². The van der Waals surface area contributed by atoms with Crippen molar-refractivity contribution in [3.05, 3.63) is 47.7 Å². The number of hydrogen-bond acceptors (Lipinski definition) is 4. The highest BCUT2D eigenvalue weighted by Gasteiger charge is 2.20. The molecule has 25 heavy (non-hydrogen) atoms. The quantitative estimate of drug-likeness (QED) is 0.695. The van der Waals surface area contributed by atoms with E-state index in [2.05, 4.69) is 10.1 Å². The van der Waals surface area contributed by atoms with Crippen LogP contribution in [0.3, 0.4) is 0 Å². The van der Waals surface area contributed by atoms with Crippen molar-refractivity contribution < 1.29 is 9.53 Å². The summed E-state index contributed by atoms with van der Waals surface area (Å²) >= 11 is 6.32. The zero-order valence-corrected chi connectivity index (χ0v) is 14.3. The smallest absolute Gasteiger partial charge is 0.391 e. The largest absolute Gasteiger partial charge is 0.416 e. The number of piperidine rings is 1. The van der Waals surface area contributed by atoms with Gasteiger partial charge in [0.1, 0.15) is 0 Å². The Kier molecular flexibility index (Phi) is 4.28. The van der Waals surface area contributed by atoms with Crippen molar-refractivity contribution in [2.75, 3.05) is 13.1 Å². The van der Waals surface area contributed by atoms with Crippen molar-refractivity contribution >= 4 is 23.2 Å². The molecule has 0 saturated carbocycles. The Labute approximate surface area is 150 Å². The van der Waals surface area contributed by atoms with Crippen LogP contribution in [0.4, 0.5) is 4.79 Å². The van der Waals surface area contributed by atoms with Crippen LogP contribution in [0.25, 0.3) is 16.8 Å². The fourth-order valence-electron chi connectivity index (χ4n) is 3.02. The fraction of sp³-hybridized carbons (Fsp3) is 0.278. The van der Waals surface area contributed by atoms with Gasteiger partial charge in [0.2, 0.25) is 5.88 Å². The van der Waals surface area contributed by atoms with Crippen LogP contribution in [0.1, 0.15) is 19.3 Å². The van der Waals surface area contributed by atoms with Crippen molar-refractivity contribution in [3.8, 4) is 17.1 Å². The third-order valence-electron chi connectivity index (χ3n) is 4.31. The number of likely N-dealkylation sites (tertiary alicyclic amines) is 1. The van der Waals surface area contributed by atoms with E-state index in [0.717, 1.165) is 43.4 Å². The van der Waals surface area contributed by atoms with Gasteiger partial charge in [-0.05, 0) is 37.5 Å². The molecule has 0 N–H and O–H groups in total. The van der Waals surface area contributed by atoms with Crippen molar-refractivity contribution in [2.45, 2.75) is 19.3 Å². The van der Waals surface area contributed by atoms with Gasteiger partial charge >= 0.3 is 6.09 Å². The SMILES string of the molecule is O=C(Oc1ccc(Cl)c(-c2cnn3ccccc23)n1)N1CCCCC1. The Bertz CT molecular complexity index is 918. The molecule has 0 radical (unpaired) electrons. The van der Waals surface area contributed by atoms with Gasteiger partial charge in [-0.3, -0.25) is 0 Å². The van der Waals surface area contributed by atoms with Crippen molar-refractivity contribution in [3.63, 3.8) is 0 Å². The van der Waals surface area contributed by atoms with E-state index in [0.29, 0.717) is 10.7 Å². The first kappa shape index (κ1) is 15.9. The molecule has 1 fully saturated rings. The van der Waals surface area contributed by atoms with E-state index in [1.54, 1.807) is 27.7 Å². The molecule has 1 aliphatic rings. The van der Waals surface area contributed by atoms with Crippen LogP contribution in [0.2, 0.25) is 5.02 Å². The molecular weight excluding hydrogens is 340 g/mol. The molecule has 4 rings (SSSR count). The monoisotopic (exact) mass is 356 g/mol. The lowest BCUT2D eigenvalue weighted by molar-refractivity contribution is 0.141. The molecule has 6 nitrogen and oxygen atoms in total. The molecule has 3 aromatic heterocycles. The highest BCUT2D eigenvalue weighted by atomic mass is 35.5. The molecule has 0 bridgehead atoms. The van der Waals surface area contributed by atoms with Crippen molar-refractivity contribution in [2.24, 2.45) is 0 Å². The molecule has 1 amide bonds. The van der Waals surface area contributed by atoms with Crippen LogP contribution in [0.5, 0.6) is 5.88 Å². The summed E-state index contributed by atoms with van der Waals surface area (Å²) in [6.07, 6.45) is 6.38. The molecule has 3 aromatic rings. The number of carbonyl (C=O) groups excluding carboxylic acids is 1. The molecule has 1 saturated heterocycles. The minimum Gasteiger partial charge on any atom is -0.391 e. The molecule has 4 heterocycles. The minimum atomic E-state index is -0.361. The molecular formula is C18H17ClN4O2. The highest BCUT2D eigenvalue weighted by Crippen LogP contribution is 2.31. The minimum absolute atomic E-state index is 0.241. The van der Waals surface area contributed by atoms with Gasteiger partial charge < -0.3 is 9.64 Å². The van der Waals surface area contributed by atoms with E-state index < -0.39 is 0 Å². The van der Waals surface area contributed by atoms with Crippen LogP contribution < -0.4 is 4.74 Å². The third-order valence-corrected chi connectivity index (χ3v) is 4.61. The van der Waals surface area contributed by atoms with Gasteiger partial charge in [-0.2, -0.15) is 5.10 Å². The van der Waals surface area contributed by atoms with Crippen LogP contribution in [0, 0.1) is 0 Å². The van der Waals surface area contributed by atoms with Crippen molar-refractivity contribution in [1.82, 2.24) is 19.5 Å². The average Bonchev–Trinajstić information content (AvgIpc) is 3.08. The van der Waals surface area contributed by atoms with E-state index in [-0.39, 0.29) is 12.0 Å². The van der Waals surface area contributed by atoms with Gasteiger partial charge in [-0.15, -0.1) is 0 Å². The number of halogens is 1. The number of amides is 1. The summed E-state index contributed by atoms with van der Waals surface area (Å²) in [5.74, 6) is 0.241. The van der Waals surface area contributed by atoms with Gasteiger partial charge in [0.25, 0.3) is 0 Å². The van der Waals surface area contributed by atoms with Crippen molar-refractivity contribution in [1.29, 1.82) is 0 Å². The van der Waals surface area contributed by atoms with E-state index in [4.69, 9.17) is 16.3 Å². The number of hydrogen-bond donors (Lipinski definition) is 0. The first-order chi connectivity index (χ1) is 12.2. The second-order valence-electron chi connectivity index (χ2n) is 5.98. The number of pyridine rings is 2. The molecule has 0 spiro atoms. The maximum Gasteiger partial charge on any atom is 0.416 e. The Morgan fingerprint density at radius 3 is 2.80 bits per heavy atom. The Morgan fingerprint density at radius 2 is 1.96 bits per heavy atom. The zero-order chi connectivity index (χ0) is 17.2. The molecule has 1 aliphatic heterocycles. The molecule has 0 aliphatic carbocycles. The summed E-state index contributed by atoms with van der Waals surface area (Å²) in [4.78, 5) is 18.4. The number of rotatable bonds is 2. The summed E-state index contributed by atoms with van der Waals surface area (Å²) in [5, 5.41) is 4.79. The van der Waals surface area contributed by atoms with Crippen LogP contribution in [-0.4, -0.2) is 38.7 Å². The summed E-state index contributed by atoms with van der Waals surface area (Å²) < 4.78 is 7.20. The van der Waals surface area contributed by atoms with E-state index in [9.17, 15) is 4.79 Å². The summed E-state index contributed by atoms with van der Waals surface area (Å²) in [6.45, 7) is 1.46. The number of fused-ring (bicyclic) bond motifs is 1. The van der Waals surface area contributed by atoms with Gasteiger partial charge in [-0.25, -0.2) is 14.3 Å². The maximum atomic E-state index is 12.3. The summed E-state index contributed by atoms with van der Waals surface area (Å²) in [7, 11) is 0. The van der Waals surface area contributed by atoms with E-state index >= 15 is 0 Å². The first-order valence-corrected chi connectivity index (χ1v) is 8.66. The van der Waals surface area contributed by atoms with Crippen LogP contribution in [0.15, 0.2) is 42.7 Å². The molecule has 0 atom stereocenters. The lowest BCUT2D eigenvalue weighted by Crippen LogP contribution is -2.37. The maximum absolute atomic E-state index is 12.3. The highest BCUT2D eigenvalue weighted by molar-refractivity contribution is 6.33. The lowest BCUT2D eigenvalue weighted by Gasteiger charge is -2.25. The average molecular weight is 357 g/mol. The molecule has 128 valence electrons. The Hall–Kier alpha value is -2.60. The van der Waals surface area contributed by atoms with Crippen LogP contribution >= 0.6 is 11.6 Å². The predicted molar refractivity (Wildman–Crippen MR) is 94.9 cm³/mol. The van der Waals surface area contributed by atoms with Gasteiger partial charge in [0, 0.05) is 30.9 Å². The molecule has 7 heteroatoms. The zero-order valence-electron chi connectivity index (χ0n) is 13.6. The number of nitrogens with zero attached hydrogens (tertiary/aromatic N) is 4. The number of ether oxygens (including phenoxy) is 1. The number of carbonyl (C=O) groups is 1. The Morgan fingerprint density at radius 1 is 1.12 bits per heavy atom. The Balaban J connectivity index is 1.63. The molecule has 0 unspecified atom stereocenters. The van der Waals surface area contributed by atoms with Crippen LogP contribution in [-0.2, 0) is 0 Å². The number of aromatic nitrogens is 3. The topological polar surface area (TPSA) is 59.7 Å². The first-order valence-electron chi connectivity index (χ1n) is 8.28. The standard InChI is InChI=1S/C18H17ClN4O2/c19-14-7-8-16(25-18(24)22-9-3-1-4-10-22)21-17(14)13-12-20-23-11-5-2-6-15(13)23/h2,5-8,11-12H,1,3-4,9-10H2. The van der Waals surface area contributed by atoms with Gasteiger partial charge in [0.05, 0.1) is 22.4 Å². The lowest BCUT2D eigenvalue weighted by atomic mass is 10.1. The third kappa shape index (κ3) is 3.17.